The first-order chi connectivity index (χ1) is 8.39. The summed E-state index contributed by atoms with van der Waals surface area (Å²) in [6.07, 6.45) is 4.31. The van der Waals surface area contributed by atoms with Crippen molar-refractivity contribution in [2.75, 3.05) is 0 Å². The maximum atomic E-state index is 12.2. The van der Waals surface area contributed by atoms with E-state index in [2.05, 4.69) is 0 Å². The highest BCUT2D eigenvalue weighted by molar-refractivity contribution is 5.79. The molecule has 4 nitrogen and oxygen atoms in total. The van der Waals surface area contributed by atoms with E-state index in [0.29, 0.717) is 0 Å². The Morgan fingerprint density at radius 1 is 1.50 bits per heavy atom. The molecule has 102 valence electrons. The predicted molar refractivity (Wildman–Crippen MR) is 65.9 cm³/mol. The van der Waals surface area contributed by atoms with E-state index >= 15 is 0 Å². The van der Waals surface area contributed by atoms with Crippen molar-refractivity contribution < 1.29 is 19.1 Å². The molecule has 2 unspecified atom stereocenters. The molecule has 0 N–H and O–H groups in total. The van der Waals surface area contributed by atoms with Crippen LogP contribution in [0.3, 0.4) is 0 Å². The highest BCUT2D eigenvalue weighted by Crippen LogP contribution is 2.43. The van der Waals surface area contributed by atoms with E-state index in [9.17, 15) is 9.59 Å². The fourth-order valence-electron chi connectivity index (χ4n) is 2.61. The van der Waals surface area contributed by atoms with Crippen molar-refractivity contribution in [3.63, 3.8) is 0 Å². The minimum absolute atomic E-state index is 0.213. The zero-order valence-corrected chi connectivity index (χ0v) is 11.5. The monoisotopic (exact) mass is 254 g/mol. The maximum absolute atomic E-state index is 12.2. The molecule has 2 atom stereocenters. The Kier molecular flexibility index (Phi) is 3.39. The molecule has 4 heteroatoms. The Hall–Kier alpha value is -1.06. The van der Waals surface area contributed by atoms with Gasteiger partial charge in [-0.05, 0) is 46.0 Å². The van der Waals surface area contributed by atoms with E-state index in [4.69, 9.17) is 9.47 Å². The number of hydrogen-bond acceptors (Lipinski definition) is 4. The zero-order chi connectivity index (χ0) is 13.4. The van der Waals surface area contributed by atoms with Crippen LogP contribution in [0.2, 0.25) is 0 Å². The van der Waals surface area contributed by atoms with Gasteiger partial charge >= 0.3 is 11.9 Å². The summed E-state index contributed by atoms with van der Waals surface area (Å²) in [7, 11) is 0. The number of rotatable bonds is 3. The van der Waals surface area contributed by atoms with Gasteiger partial charge in [0.15, 0.2) is 5.60 Å². The highest BCUT2D eigenvalue weighted by atomic mass is 16.6. The van der Waals surface area contributed by atoms with E-state index in [0.717, 1.165) is 32.1 Å². The Balaban J connectivity index is 2.15. The summed E-state index contributed by atoms with van der Waals surface area (Å²) >= 11 is 0. The van der Waals surface area contributed by atoms with E-state index in [1.807, 2.05) is 20.8 Å². The van der Waals surface area contributed by atoms with Gasteiger partial charge in [0.25, 0.3) is 0 Å². The maximum Gasteiger partial charge on any atom is 0.312 e. The molecule has 0 amide bonds. The number of carbonyl (C=O) groups excluding carboxylic acids is 2. The van der Waals surface area contributed by atoms with Gasteiger partial charge in [-0.2, -0.15) is 0 Å². The van der Waals surface area contributed by atoms with Crippen LogP contribution >= 0.6 is 0 Å². The Bertz CT molecular complexity index is 361. The van der Waals surface area contributed by atoms with Gasteiger partial charge < -0.3 is 9.47 Å². The SMILES string of the molecule is CCC(C)(C)C(=O)OC12CCCCC1OC(=O)C2. The summed E-state index contributed by atoms with van der Waals surface area (Å²) in [6.45, 7) is 5.72. The first-order valence-electron chi connectivity index (χ1n) is 6.82. The Morgan fingerprint density at radius 2 is 2.22 bits per heavy atom. The Labute approximate surface area is 108 Å². The molecule has 2 aliphatic rings. The van der Waals surface area contributed by atoms with Crippen molar-refractivity contribution in [1.82, 2.24) is 0 Å². The number of esters is 2. The van der Waals surface area contributed by atoms with Crippen molar-refractivity contribution in [2.45, 2.75) is 71.0 Å². The largest absolute Gasteiger partial charge is 0.458 e. The van der Waals surface area contributed by atoms with Crippen LogP contribution in [0.25, 0.3) is 0 Å². The lowest BCUT2D eigenvalue weighted by Gasteiger charge is -2.38. The summed E-state index contributed by atoms with van der Waals surface area (Å²) in [5, 5.41) is 0. The molecular formula is C14H22O4. The van der Waals surface area contributed by atoms with Crippen LogP contribution < -0.4 is 0 Å². The third kappa shape index (κ3) is 2.25. The smallest absolute Gasteiger partial charge is 0.312 e. The molecule has 2 fully saturated rings. The standard InChI is InChI=1S/C14H22O4/c1-4-13(2,3)12(16)18-14-8-6-5-7-10(14)17-11(15)9-14/h10H,4-9H2,1-3H3. The lowest BCUT2D eigenvalue weighted by Crippen LogP contribution is -2.47. The van der Waals surface area contributed by atoms with Crippen molar-refractivity contribution in [3.8, 4) is 0 Å². The second kappa shape index (κ2) is 4.56. The van der Waals surface area contributed by atoms with Gasteiger partial charge in [-0.15, -0.1) is 0 Å². The molecule has 1 aliphatic heterocycles. The van der Waals surface area contributed by atoms with Crippen LogP contribution in [0.1, 0.15) is 59.3 Å². The van der Waals surface area contributed by atoms with Crippen molar-refractivity contribution in [3.05, 3.63) is 0 Å². The van der Waals surface area contributed by atoms with Gasteiger partial charge in [0, 0.05) is 0 Å². The minimum Gasteiger partial charge on any atom is -0.458 e. The molecule has 2 rings (SSSR count). The van der Waals surface area contributed by atoms with Gasteiger partial charge in [0.1, 0.15) is 6.10 Å². The number of fused-ring (bicyclic) bond motifs is 1. The minimum atomic E-state index is -0.682. The van der Waals surface area contributed by atoms with Crippen LogP contribution in [0.15, 0.2) is 0 Å². The molecule has 1 saturated carbocycles. The number of carbonyl (C=O) groups is 2. The summed E-state index contributed by atoms with van der Waals surface area (Å²) in [4.78, 5) is 23.7. The molecule has 1 saturated heterocycles. The molecule has 0 aromatic heterocycles. The van der Waals surface area contributed by atoms with E-state index < -0.39 is 11.0 Å². The first-order valence-corrected chi connectivity index (χ1v) is 6.82. The van der Waals surface area contributed by atoms with Crippen molar-refractivity contribution >= 4 is 11.9 Å². The van der Waals surface area contributed by atoms with Crippen LogP contribution in [0.4, 0.5) is 0 Å². The third-order valence-corrected chi connectivity index (χ3v) is 4.35. The van der Waals surface area contributed by atoms with Crippen LogP contribution in [0.5, 0.6) is 0 Å². The van der Waals surface area contributed by atoms with E-state index in [1.165, 1.54) is 0 Å². The van der Waals surface area contributed by atoms with Gasteiger partial charge in [-0.1, -0.05) is 6.92 Å². The lowest BCUT2D eigenvalue weighted by molar-refractivity contribution is -0.181. The second-order valence-electron chi connectivity index (χ2n) is 6.09. The first kappa shape index (κ1) is 13.4. The number of ether oxygens (including phenoxy) is 2. The lowest BCUT2D eigenvalue weighted by atomic mass is 9.81. The molecule has 0 bridgehead atoms. The molecule has 1 heterocycles. The predicted octanol–water partition coefficient (Wildman–Crippen LogP) is 2.59. The average molecular weight is 254 g/mol. The fraction of sp³-hybridized carbons (Fsp3) is 0.857. The van der Waals surface area contributed by atoms with Crippen LogP contribution in [0, 0.1) is 5.41 Å². The summed E-state index contributed by atoms with van der Waals surface area (Å²) < 4.78 is 11.0. The van der Waals surface area contributed by atoms with E-state index in [-0.39, 0.29) is 24.5 Å². The molecule has 0 aromatic carbocycles. The van der Waals surface area contributed by atoms with Crippen LogP contribution in [-0.2, 0) is 19.1 Å². The van der Waals surface area contributed by atoms with Crippen molar-refractivity contribution in [2.24, 2.45) is 5.41 Å². The van der Waals surface area contributed by atoms with Gasteiger partial charge in [-0.3, -0.25) is 9.59 Å². The van der Waals surface area contributed by atoms with E-state index in [1.54, 1.807) is 0 Å². The van der Waals surface area contributed by atoms with Gasteiger partial charge in [0.05, 0.1) is 11.8 Å². The molecule has 1 aliphatic carbocycles. The Morgan fingerprint density at radius 3 is 2.89 bits per heavy atom. The van der Waals surface area contributed by atoms with Gasteiger partial charge in [-0.25, -0.2) is 0 Å². The molecular weight excluding hydrogens is 232 g/mol. The highest BCUT2D eigenvalue weighted by Gasteiger charge is 2.54. The summed E-state index contributed by atoms with van der Waals surface area (Å²) in [5.74, 6) is -0.445. The molecule has 0 radical (unpaired) electrons. The normalized spacial score (nSPS) is 31.7. The zero-order valence-electron chi connectivity index (χ0n) is 11.5. The molecule has 0 spiro atoms. The second-order valence-corrected chi connectivity index (χ2v) is 6.09. The summed E-state index contributed by atoms with van der Waals surface area (Å²) in [5.41, 5.74) is -1.18. The number of hydrogen-bond donors (Lipinski definition) is 0. The van der Waals surface area contributed by atoms with Crippen LogP contribution in [-0.4, -0.2) is 23.6 Å². The molecule has 18 heavy (non-hydrogen) atoms. The average Bonchev–Trinajstić information content (AvgIpc) is 2.64. The topological polar surface area (TPSA) is 52.6 Å². The summed E-state index contributed by atoms with van der Waals surface area (Å²) in [6, 6.07) is 0. The molecule has 0 aromatic rings. The van der Waals surface area contributed by atoms with Crippen molar-refractivity contribution in [1.29, 1.82) is 0 Å². The third-order valence-electron chi connectivity index (χ3n) is 4.35. The quantitative estimate of drug-likeness (QED) is 0.726. The fourth-order valence-corrected chi connectivity index (χ4v) is 2.61. The van der Waals surface area contributed by atoms with Gasteiger partial charge in [0.2, 0.25) is 0 Å².